The molecule has 1 unspecified atom stereocenters. The summed E-state index contributed by atoms with van der Waals surface area (Å²) in [6, 6.07) is 0. The van der Waals surface area contributed by atoms with Gasteiger partial charge in [0.05, 0.1) is 22.6 Å². The maximum absolute atomic E-state index is 11.0. The van der Waals surface area contributed by atoms with Crippen LogP contribution in [0.1, 0.15) is 44.0 Å². The van der Waals surface area contributed by atoms with Crippen LogP contribution in [-0.2, 0) is 15.3 Å². The third-order valence-corrected chi connectivity index (χ3v) is 4.53. The molecule has 6 heteroatoms. The molecule has 0 saturated heterocycles. The van der Waals surface area contributed by atoms with E-state index < -0.39 is 15.9 Å². The van der Waals surface area contributed by atoms with Crippen LogP contribution in [-0.4, -0.2) is 30.5 Å². The van der Waals surface area contributed by atoms with Crippen molar-refractivity contribution in [2.75, 3.05) is 12.0 Å². The fraction of sp³-hybridized carbons (Fsp3) is 0.727. The van der Waals surface area contributed by atoms with Gasteiger partial charge in [0.25, 0.3) is 0 Å². The van der Waals surface area contributed by atoms with Gasteiger partial charge in [0.1, 0.15) is 9.84 Å². The molecule has 0 aromatic carbocycles. The first-order chi connectivity index (χ1) is 7.59. The molecule has 0 saturated carbocycles. The maximum Gasteiger partial charge on any atom is 0.147 e. The first-order valence-corrected chi connectivity index (χ1v) is 8.35. The molecule has 1 atom stereocenters. The summed E-state index contributed by atoms with van der Waals surface area (Å²) in [5, 5.41) is 12.6. The number of thiazole rings is 1. The second-order valence-electron chi connectivity index (χ2n) is 5.26. The molecule has 17 heavy (non-hydrogen) atoms. The third kappa shape index (κ3) is 4.73. The number of aromatic nitrogens is 1. The minimum Gasteiger partial charge on any atom is -0.387 e. The Balaban J connectivity index is 2.71. The van der Waals surface area contributed by atoms with Crippen LogP contribution in [0.2, 0.25) is 0 Å². The van der Waals surface area contributed by atoms with E-state index in [9.17, 15) is 13.5 Å². The van der Waals surface area contributed by atoms with Crippen molar-refractivity contribution < 1.29 is 13.5 Å². The van der Waals surface area contributed by atoms with Gasteiger partial charge in [-0.25, -0.2) is 13.4 Å². The van der Waals surface area contributed by atoms with Crippen molar-refractivity contribution in [1.82, 2.24) is 4.98 Å². The molecule has 0 aliphatic heterocycles. The van der Waals surface area contributed by atoms with Crippen LogP contribution >= 0.6 is 11.3 Å². The predicted molar refractivity (Wildman–Crippen MR) is 70.1 cm³/mol. The quantitative estimate of drug-likeness (QED) is 0.913. The zero-order chi connectivity index (χ0) is 13.3. The SMILES string of the molecule is CC(C)(C)c1nc(C(O)CCS(C)(=O)=O)cs1. The third-order valence-electron chi connectivity index (χ3n) is 2.27. The number of aliphatic hydroxyl groups excluding tert-OH is 1. The Kier molecular flexibility index (Phi) is 4.33. The summed E-state index contributed by atoms with van der Waals surface area (Å²) in [5.74, 6) is -0.0173. The van der Waals surface area contributed by atoms with E-state index in [1.807, 2.05) is 0 Å². The van der Waals surface area contributed by atoms with E-state index in [4.69, 9.17) is 0 Å². The molecule has 4 nitrogen and oxygen atoms in total. The van der Waals surface area contributed by atoms with Crippen molar-refractivity contribution >= 4 is 21.2 Å². The van der Waals surface area contributed by atoms with E-state index in [1.165, 1.54) is 17.6 Å². The molecular weight excluding hydrogens is 258 g/mol. The number of rotatable bonds is 4. The molecule has 0 aliphatic rings. The average molecular weight is 277 g/mol. The van der Waals surface area contributed by atoms with Gasteiger partial charge >= 0.3 is 0 Å². The van der Waals surface area contributed by atoms with E-state index in [0.717, 1.165) is 5.01 Å². The lowest BCUT2D eigenvalue weighted by atomic mass is 9.98. The Bertz CT molecular complexity index is 471. The summed E-state index contributed by atoms with van der Waals surface area (Å²) in [4.78, 5) is 4.36. The molecule has 0 radical (unpaired) electrons. The van der Waals surface area contributed by atoms with Gasteiger partial charge in [-0.1, -0.05) is 20.8 Å². The molecule has 98 valence electrons. The first-order valence-electron chi connectivity index (χ1n) is 5.41. The van der Waals surface area contributed by atoms with Gasteiger partial charge in [-0.05, 0) is 6.42 Å². The highest BCUT2D eigenvalue weighted by Crippen LogP contribution is 2.28. The first kappa shape index (κ1) is 14.6. The summed E-state index contributed by atoms with van der Waals surface area (Å²) >= 11 is 1.50. The molecule has 1 aromatic rings. The fourth-order valence-electron chi connectivity index (χ4n) is 1.26. The highest BCUT2D eigenvalue weighted by Gasteiger charge is 2.21. The van der Waals surface area contributed by atoms with Crippen LogP contribution in [0, 0.1) is 0 Å². The number of sulfone groups is 1. The van der Waals surface area contributed by atoms with E-state index in [0.29, 0.717) is 5.69 Å². The average Bonchev–Trinajstić information content (AvgIpc) is 2.60. The molecule has 0 fully saturated rings. The van der Waals surface area contributed by atoms with Crippen LogP contribution in [0.3, 0.4) is 0 Å². The molecule has 0 amide bonds. The molecule has 1 N–H and O–H groups in total. The topological polar surface area (TPSA) is 67.3 Å². The number of nitrogens with zero attached hydrogens (tertiary/aromatic N) is 1. The summed E-state index contributed by atoms with van der Waals surface area (Å²) < 4.78 is 22.0. The maximum atomic E-state index is 11.0. The smallest absolute Gasteiger partial charge is 0.147 e. The van der Waals surface area contributed by atoms with E-state index >= 15 is 0 Å². The van der Waals surface area contributed by atoms with Gasteiger partial charge in [-0.3, -0.25) is 0 Å². The minimum atomic E-state index is -3.03. The Hall–Kier alpha value is -0.460. The highest BCUT2D eigenvalue weighted by atomic mass is 32.2. The monoisotopic (exact) mass is 277 g/mol. The van der Waals surface area contributed by atoms with Gasteiger partial charge in [0.15, 0.2) is 0 Å². The summed E-state index contributed by atoms with van der Waals surface area (Å²) in [5.41, 5.74) is 0.531. The number of hydrogen-bond acceptors (Lipinski definition) is 5. The largest absolute Gasteiger partial charge is 0.387 e. The van der Waals surface area contributed by atoms with Crippen molar-refractivity contribution in [3.63, 3.8) is 0 Å². The van der Waals surface area contributed by atoms with Crippen molar-refractivity contribution in [1.29, 1.82) is 0 Å². The highest BCUT2D eigenvalue weighted by molar-refractivity contribution is 7.90. The summed E-state index contributed by atoms with van der Waals surface area (Å²) in [6.07, 6.45) is 0.574. The van der Waals surface area contributed by atoms with Crippen LogP contribution < -0.4 is 0 Å². The zero-order valence-corrected chi connectivity index (χ0v) is 12.2. The number of hydrogen-bond donors (Lipinski definition) is 1. The molecule has 1 aromatic heterocycles. The van der Waals surface area contributed by atoms with Crippen LogP contribution in [0.15, 0.2) is 5.38 Å². The van der Waals surface area contributed by atoms with E-state index in [-0.39, 0.29) is 17.6 Å². The molecule has 0 bridgehead atoms. The lowest BCUT2D eigenvalue weighted by molar-refractivity contribution is 0.170. The Labute approximate surface area is 107 Å². The van der Waals surface area contributed by atoms with Crippen molar-refractivity contribution in [3.05, 3.63) is 16.1 Å². The molecular formula is C11H19NO3S2. The van der Waals surface area contributed by atoms with Crippen LogP contribution in [0.5, 0.6) is 0 Å². The van der Waals surface area contributed by atoms with Gasteiger partial charge in [0.2, 0.25) is 0 Å². The van der Waals surface area contributed by atoms with Gasteiger partial charge < -0.3 is 5.11 Å². The molecule has 1 heterocycles. The summed E-state index contributed by atoms with van der Waals surface area (Å²) in [7, 11) is -3.03. The van der Waals surface area contributed by atoms with Gasteiger partial charge in [-0.15, -0.1) is 11.3 Å². The van der Waals surface area contributed by atoms with E-state index in [1.54, 1.807) is 5.38 Å². The standard InChI is InChI=1S/C11H19NO3S2/c1-11(2,3)10-12-8(7-16-10)9(13)5-6-17(4,14)15/h7,9,13H,5-6H2,1-4H3. The predicted octanol–water partition coefficient (Wildman–Crippen LogP) is 1.91. The Morgan fingerprint density at radius 1 is 1.47 bits per heavy atom. The van der Waals surface area contributed by atoms with E-state index in [2.05, 4.69) is 25.8 Å². The Morgan fingerprint density at radius 2 is 2.06 bits per heavy atom. The molecule has 1 rings (SSSR count). The van der Waals surface area contributed by atoms with Crippen molar-refractivity contribution in [2.24, 2.45) is 0 Å². The molecule has 0 spiro atoms. The van der Waals surface area contributed by atoms with Crippen molar-refractivity contribution in [2.45, 2.75) is 38.7 Å². The second kappa shape index (κ2) is 5.04. The second-order valence-corrected chi connectivity index (χ2v) is 8.38. The van der Waals surface area contributed by atoms with Gasteiger partial charge in [-0.2, -0.15) is 0 Å². The fourth-order valence-corrected chi connectivity index (χ4v) is 2.86. The molecule has 0 aliphatic carbocycles. The summed E-state index contributed by atoms with van der Waals surface area (Å²) in [6.45, 7) is 6.16. The van der Waals surface area contributed by atoms with Crippen molar-refractivity contribution in [3.8, 4) is 0 Å². The normalized spacial score (nSPS) is 14.9. The van der Waals surface area contributed by atoms with Crippen LogP contribution in [0.4, 0.5) is 0 Å². The number of aliphatic hydroxyl groups is 1. The van der Waals surface area contributed by atoms with Gasteiger partial charge in [0, 0.05) is 17.1 Å². The lowest BCUT2D eigenvalue weighted by Crippen LogP contribution is -2.12. The lowest BCUT2D eigenvalue weighted by Gasteiger charge is -2.14. The Morgan fingerprint density at radius 3 is 2.47 bits per heavy atom. The zero-order valence-electron chi connectivity index (χ0n) is 10.6. The van der Waals surface area contributed by atoms with Crippen LogP contribution in [0.25, 0.3) is 0 Å². The minimum absolute atomic E-state index is 0.0173.